The fraction of sp³-hybridized carbons (Fsp3) is 0.556. The summed E-state index contributed by atoms with van der Waals surface area (Å²) in [6.07, 6.45) is 11.6. The third kappa shape index (κ3) is 1.88. The number of allylic oxidation sites excluding steroid dienone is 4. The van der Waals surface area contributed by atoms with Gasteiger partial charge in [0.15, 0.2) is 0 Å². The van der Waals surface area contributed by atoms with Gasteiger partial charge >= 0.3 is 0 Å². The zero-order valence-corrected chi connectivity index (χ0v) is 7.06. The number of halogens is 1. The summed E-state index contributed by atoms with van der Waals surface area (Å²) in [5.74, 6) is 0. The van der Waals surface area contributed by atoms with Crippen LogP contribution in [0.3, 0.4) is 0 Å². The summed E-state index contributed by atoms with van der Waals surface area (Å²) in [7, 11) is 0. The first kappa shape index (κ1) is 7.87. The number of hydrogen-bond acceptors (Lipinski definition) is 0. The molecular formula is C9H13Cl. The molecule has 0 aromatic rings. The molecule has 0 fully saturated rings. The summed E-state index contributed by atoms with van der Waals surface area (Å²) in [5.41, 5.74) is 0. The van der Waals surface area contributed by atoms with E-state index in [1.54, 1.807) is 0 Å². The molecule has 1 aliphatic carbocycles. The van der Waals surface area contributed by atoms with Crippen LogP contribution in [0.15, 0.2) is 24.3 Å². The van der Waals surface area contributed by atoms with Crippen LogP contribution < -0.4 is 0 Å². The van der Waals surface area contributed by atoms with E-state index in [4.69, 9.17) is 11.6 Å². The Morgan fingerprint density at radius 2 is 1.90 bits per heavy atom. The van der Waals surface area contributed by atoms with Crippen molar-refractivity contribution >= 4 is 11.6 Å². The van der Waals surface area contributed by atoms with Crippen molar-refractivity contribution in [3.8, 4) is 0 Å². The Bertz CT molecular complexity index is 144. The first-order valence-corrected chi connectivity index (χ1v) is 4.20. The van der Waals surface area contributed by atoms with Gasteiger partial charge in [0.25, 0.3) is 0 Å². The highest BCUT2D eigenvalue weighted by molar-refractivity contribution is 6.27. The van der Waals surface area contributed by atoms with E-state index in [2.05, 4.69) is 19.1 Å². The van der Waals surface area contributed by atoms with Gasteiger partial charge in [0.1, 0.15) is 0 Å². The summed E-state index contributed by atoms with van der Waals surface area (Å²) in [4.78, 5) is -0.143. The van der Waals surface area contributed by atoms with Crippen LogP contribution in [-0.4, -0.2) is 4.87 Å². The highest BCUT2D eigenvalue weighted by Crippen LogP contribution is 2.29. The van der Waals surface area contributed by atoms with Crippen LogP contribution in [-0.2, 0) is 0 Å². The van der Waals surface area contributed by atoms with Crippen LogP contribution in [0.25, 0.3) is 0 Å². The Morgan fingerprint density at radius 1 is 1.30 bits per heavy atom. The largest absolute Gasteiger partial charge is 0.110 e. The third-order valence-electron chi connectivity index (χ3n) is 1.77. The Morgan fingerprint density at radius 3 is 2.40 bits per heavy atom. The van der Waals surface area contributed by atoms with E-state index >= 15 is 0 Å². The lowest BCUT2D eigenvalue weighted by molar-refractivity contribution is 0.672. The first-order valence-electron chi connectivity index (χ1n) is 3.83. The predicted octanol–water partition coefficient (Wildman–Crippen LogP) is 3.28. The molecule has 0 aromatic carbocycles. The maximum absolute atomic E-state index is 6.18. The second-order valence-corrected chi connectivity index (χ2v) is 3.45. The summed E-state index contributed by atoms with van der Waals surface area (Å²) < 4.78 is 0. The van der Waals surface area contributed by atoms with Crippen molar-refractivity contribution in [1.82, 2.24) is 0 Å². The molecule has 10 heavy (non-hydrogen) atoms. The van der Waals surface area contributed by atoms with Gasteiger partial charge in [0, 0.05) is 0 Å². The number of rotatable bonds is 3. The molecule has 0 N–H and O–H groups in total. The lowest BCUT2D eigenvalue weighted by Gasteiger charge is -2.14. The second kappa shape index (κ2) is 3.25. The van der Waals surface area contributed by atoms with Gasteiger partial charge in [-0.15, -0.1) is 11.6 Å². The molecule has 56 valence electrons. The molecule has 0 atom stereocenters. The smallest absolute Gasteiger partial charge is 0.0812 e. The molecule has 0 bridgehead atoms. The normalized spacial score (nSPS) is 20.2. The maximum Gasteiger partial charge on any atom is 0.0812 e. The van der Waals surface area contributed by atoms with Crippen molar-refractivity contribution in [1.29, 1.82) is 0 Å². The fourth-order valence-corrected chi connectivity index (χ4v) is 1.38. The molecule has 1 rings (SSSR count). The quantitative estimate of drug-likeness (QED) is 0.551. The minimum Gasteiger partial charge on any atom is -0.110 e. The van der Waals surface area contributed by atoms with E-state index < -0.39 is 0 Å². The van der Waals surface area contributed by atoms with Crippen molar-refractivity contribution in [3.63, 3.8) is 0 Å². The van der Waals surface area contributed by atoms with Crippen LogP contribution in [0.4, 0.5) is 0 Å². The van der Waals surface area contributed by atoms with Crippen LogP contribution >= 0.6 is 11.6 Å². The van der Waals surface area contributed by atoms with Crippen LogP contribution in [0.5, 0.6) is 0 Å². The molecule has 0 spiro atoms. The number of alkyl halides is 1. The average molecular weight is 157 g/mol. The van der Waals surface area contributed by atoms with E-state index in [0.29, 0.717) is 0 Å². The van der Waals surface area contributed by atoms with E-state index in [1.807, 2.05) is 12.2 Å². The molecule has 1 aliphatic rings. The zero-order chi connectivity index (χ0) is 7.45. The lowest BCUT2D eigenvalue weighted by atomic mass is 10.0. The second-order valence-electron chi connectivity index (χ2n) is 2.75. The van der Waals surface area contributed by atoms with Gasteiger partial charge in [-0.25, -0.2) is 0 Å². The van der Waals surface area contributed by atoms with Crippen LogP contribution in [0, 0.1) is 0 Å². The predicted molar refractivity (Wildman–Crippen MR) is 46.4 cm³/mol. The number of unbranched alkanes of at least 4 members (excludes halogenated alkanes) is 1. The summed E-state index contributed by atoms with van der Waals surface area (Å²) in [5, 5.41) is 0. The standard InChI is InChI=1S/C9H13Cl/c1-2-3-6-9(10)7-4-5-8-9/h4-5,7-8H,2-3,6H2,1H3. The molecule has 0 aliphatic heterocycles. The molecule has 0 saturated heterocycles. The van der Waals surface area contributed by atoms with Gasteiger partial charge in [0.05, 0.1) is 4.87 Å². The van der Waals surface area contributed by atoms with E-state index in [1.165, 1.54) is 12.8 Å². The highest BCUT2D eigenvalue weighted by Gasteiger charge is 2.20. The van der Waals surface area contributed by atoms with Crippen LogP contribution in [0.1, 0.15) is 26.2 Å². The molecule has 0 aromatic heterocycles. The minimum atomic E-state index is -0.143. The molecule has 0 amide bonds. The highest BCUT2D eigenvalue weighted by atomic mass is 35.5. The Labute approximate surface area is 67.6 Å². The van der Waals surface area contributed by atoms with Gasteiger partial charge in [-0.2, -0.15) is 0 Å². The van der Waals surface area contributed by atoms with Gasteiger partial charge in [-0.3, -0.25) is 0 Å². The van der Waals surface area contributed by atoms with Crippen molar-refractivity contribution in [3.05, 3.63) is 24.3 Å². The maximum atomic E-state index is 6.18. The molecule has 0 saturated carbocycles. The zero-order valence-electron chi connectivity index (χ0n) is 6.31. The summed E-state index contributed by atoms with van der Waals surface area (Å²) >= 11 is 6.18. The fourth-order valence-electron chi connectivity index (χ4n) is 1.10. The van der Waals surface area contributed by atoms with Gasteiger partial charge in [-0.05, 0) is 6.42 Å². The van der Waals surface area contributed by atoms with E-state index in [0.717, 1.165) is 6.42 Å². The van der Waals surface area contributed by atoms with Gasteiger partial charge < -0.3 is 0 Å². The molecule has 0 nitrogen and oxygen atoms in total. The van der Waals surface area contributed by atoms with E-state index in [-0.39, 0.29) is 4.87 Å². The van der Waals surface area contributed by atoms with E-state index in [9.17, 15) is 0 Å². The SMILES string of the molecule is CCCCC1(Cl)C=CC=C1. The van der Waals surface area contributed by atoms with Crippen molar-refractivity contribution < 1.29 is 0 Å². The topological polar surface area (TPSA) is 0 Å². The molecule has 0 radical (unpaired) electrons. The Kier molecular flexibility index (Phi) is 2.56. The Balaban J connectivity index is 2.38. The lowest BCUT2D eigenvalue weighted by Crippen LogP contribution is -2.11. The monoisotopic (exact) mass is 156 g/mol. The minimum absolute atomic E-state index is 0.143. The Hall–Kier alpha value is -0.230. The molecular weight excluding hydrogens is 144 g/mol. The van der Waals surface area contributed by atoms with Gasteiger partial charge in [-0.1, -0.05) is 44.1 Å². The molecule has 0 heterocycles. The first-order chi connectivity index (χ1) is 4.77. The number of hydrogen-bond donors (Lipinski definition) is 0. The van der Waals surface area contributed by atoms with Crippen molar-refractivity contribution in [2.24, 2.45) is 0 Å². The molecule has 1 heteroatoms. The van der Waals surface area contributed by atoms with Crippen molar-refractivity contribution in [2.45, 2.75) is 31.1 Å². The molecule has 0 unspecified atom stereocenters. The van der Waals surface area contributed by atoms with Crippen molar-refractivity contribution in [2.75, 3.05) is 0 Å². The van der Waals surface area contributed by atoms with Crippen LogP contribution in [0.2, 0.25) is 0 Å². The average Bonchev–Trinajstić information content (AvgIpc) is 2.33. The van der Waals surface area contributed by atoms with Gasteiger partial charge in [0.2, 0.25) is 0 Å². The summed E-state index contributed by atoms with van der Waals surface area (Å²) in [6, 6.07) is 0. The third-order valence-corrected chi connectivity index (χ3v) is 2.21. The summed E-state index contributed by atoms with van der Waals surface area (Å²) in [6.45, 7) is 2.18.